The third kappa shape index (κ3) is 5.03. The fourth-order valence-corrected chi connectivity index (χ4v) is 3.18. The Kier molecular flexibility index (Phi) is 6.92. The number of aromatic amines is 1. The van der Waals surface area contributed by atoms with Gasteiger partial charge < -0.3 is 14.6 Å². The number of hydrogen-bond donors (Lipinski definition) is 2. The van der Waals surface area contributed by atoms with Crippen molar-refractivity contribution >= 4 is 6.21 Å². The van der Waals surface area contributed by atoms with Gasteiger partial charge in [-0.05, 0) is 36.6 Å². The lowest BCUT2D eigenvalue weighted by Gasteiger charge is -2.12. The molecule has 1 heterocycles. The zero-order valence-electron chi connectivity index (χ0n) is 17.7. The van der Waals surface area contributed by atoms with Crippen molar-refractivity contribution in [2.24, 2.45) is 4.99 Å². The molecular formula is C23H25N3O5. The highest BCUT2D eigenvalue weighted by molar-refractivity contribution is 5.82. The second-order valence-corrected chi connectivity index (χ2v) is 6.95. The molecule has 3 aromatic rings. The second-order valence-electron chi connectivity index (χ2n) is 6.95. The number of aliphatic imine (C=N–C) groups is 1. The van der Waals surface area contributed by atoms with E-state index in [0.717, 1.165) is 15.7 Å². The molecule has 8 heteroatoms. The Balaban J connectivity index is 1.85. The number of rotatable bonds is 8. The molecule has 2 N–H and O–H groups in total. The molecule has 8 nitrogen and oxygen atoms in total. The summed E-state index contributed by atoms with van der Waals surface area (Å²) in [5.74, 6) is 0.750. The van der Waals surface area contributed by atoms with Crippen LogP contribution in [-0.2, 0) is 13.0 Å². The summed E-state index contributed by atoms with van der Waals surface area (Å²) >= 11 is 0. The van der Waals surface area contributed by atoms with Crippen molar-refractivity contribution in [1.82, 2.24) is 9.55 Å². The van der Waals surface area contributed by atoms with Gasteiger partial charge in [0.1, 0.15) is 5.56 Å². The van der Waals surface area contributed by atoms with Gasteiger partial charge in [-0.3, -0.25) is 19.3 Å². The van der Waals surface area contributed by atoms with Crippen molar-refractivity contribution < 1.29 is 14.6 Å². The van der Waals surface area contributed by atoms with Crippen LogP contribution in [0.15, 0.2) is 63.1 Å². The molecule has 0 aliphatic heterocycles. The van der Waals surface area contributed by atoms with Gasteiger partial charge in [-0.2, -0.15) is 0 Å². The number of benzene rings is 2. The molecule has 2 aromatic carbocycles. The summed E-state index contributed by atoms with van der Waals surface area (Å²) < 4.78 is 11.6. The zero-order valence-corrected chi connectivity index (χ0v) is 17.7. The highest BCUT2D eigenvalue weighted by Crippen LogP contribution is 2.28. The molecule has 0 bridgehead atoms. The summed E-state index contributed by atoms with van der Waals surface area (Å²) in [6.45, 7) is 2.04. The Morgan fingerprint density at radius 3 is 2.48 bits per heavy atom. The van der Waals surface area contributed by atoms with Crippen molar-refractivity contribution in [2.45, 2.75) is 25.9 Å². The quantitative estimate of drug-likeness (QED) is 0.542. The molecule has 0 saturated carbocycles. The van der Waals surface area contributed by atoms with Gasteiger partial charge in [0.25, 0.3) is 5.56 Å². The lowest BCUT2D eigenvalue weighted by atomic mass is 10.1. The molecule has 31 heavy (non-hydrogen) atoms. The Hall–Kier alpha value is -3.81. The molecular weight excluding hydrogens is 398 g/mol. The lowest BCUT2D eigenvalue weighted by molar-refractivity contribution is 0.354. The van der Waals surface area contributed by atoms with E-state index in [0.29, 0.717) is 17.9 Å². The zero-order chi connectivity index (χ0) is 22.4. The standard InChI is InChI=1S/C23H25N3O5/c1-15(17-7-5-4-6-8-17)24-14-18-21(27)25-23(29)26(22(18)28)12-11-16-9-10-19(30-2)20(13-16)31-3/h4-10,13-15,28H,11-12H2,1-3H3,(H,25,27,29)/t15-/m0/s1. The molecule has 0 amide bonds. The molecule has 1 atom stereocenters. The first-order chi connectivity index (χ1) is 14.9. The van der Waals surface area contributed by atoms with Crippen LogP contribution >= 0.6 is 0 Å². The smallest absolute Gasteiger partial charge is 0.331 e. The van der Waals surface area contributed by atoms with Crippen LogP contribution in [0.25, 0.3) is 0 Å². The molecule has 1 aromatic heterocycles. The van der Waals surface area contributed by atoms with Gasteiger partial charge in [0.15, 0.2) is 11.5 Å². The Morgan fingerprint density at radius 2 is 1.81 bits per heavy atom. The number of ether oxygens (including phenoxy) is 2. The van der Waals surface area contributed by atoms with E-state index in [2.05, 4.69) is 9.98 Å². The number of methoxy groups -OCH3 is 2. The van der Waals surface area contributed by atoms with E-state index in [9.17, 15) is 14.7 Å². The molecule has 0 spiro atoms. The number of nitrogens with zero attached hydrogens (tertiary/aromatic N) is 2. The maximum absolute atomic E-state index is 12.3. The topological polar surface area (TPSA) is 106 Å². The molecule has 0 saturated heterocycles. The number of aromatic nitrogens is 2. The first-order valence-electron chi connectivity index (χ1n) is 9.79. The van der Waals surface area contributed by atoms with Crippen LogP contribution in [0.1, 0.15) is 29.7 Å². The van der Waals surface area contributed by atoms with Gasteiger partial charge >= 0.3 is 5.69 Å². The Labute approximate surface area is 179 Å². The van der Waals surface area contributed by atoms with E-state index in [1.54, 1.807) is 26.4 Å². The van der Waals surface area contributed by atoms with Crippen LogP contribution in [0.2, 0.25) is 0 Å². The van der Waals surface area contributed by atoms with Gasteiger partial charge in [0.05, 0.1) is 20.3 Å². The van der Waals surface area contributed by atoms with E-state index in [1.807, 2.05) is 43.3 Å². The minimum atomic E-state index is -0.686. The van der Waals surface area contributed by atoms with Crippen molar-refractivity contribution in [2.75, 3.05) is 14.2 Å². The molecule has 3 rings (SSSR count). The summed E-state index contributed by atoms with van der Waals surface area (Å²) in [5, 5.41) is 10.6. The fraction of sp³-hybridized carbons (Fsp3) is 0.261. The average molecular weight is 423 g/mol. The minimum absolute atomic E-state index is 0.0605. The lowest BCUT2D eigenvalue weighted by Crippen LogP contribution is -2.32. The summed E-state index contributed by atoms with van der Waals surface area (Å²) in [4.78, 5) is 31.1. The van der Waals surface area contributed by atoms with Crippen LogP contribution in [0.4, 0.5) is 0 Å². The predicted molar refractivity (Wildman–Crippen MR) is 119 cm³/mol. The van der Waals surface area contributed by atoms with Crippen LogP contribution in [-0.4, -0.2) is 35.1 Å². The monoisotopic (exact) mass is 423 g/mol. The van der Waals surface area contributed by atoms with Gasteiger partial charge in [-0.15, -0.1) is 0 Å². The van der Waals surface area contributed by atoms with Gasteiger partial charge in [0.2, 0.25) is 5.88 Å². The number of aromatic hydroxyl groups is 1. The van der Waals surface area contributed by atoms with E-state index < -0.39 is 17.1 Å². The predicted octanol–water partition coefficient (Wildman–Crippen LogP) is 2.68. The summed E-state index contributed by atoms with van der Waals surface area (Å²) in [6, 6.07) is 14.8. The largest absolute Gasteiger partial charge is 0.494 e. The Morgan fingerprint density at radius 1 is 1.10 bits per heavy atom. The number of H-pyrrole nitrogens is 1. The van der Waals surface area contributed by atoms with Crippen LogP contribution < -0.4 is 20.7 Å². The van der Waals surface area contributed by atoms with Crippen LogP contribution in [0.3, 0.4) is 0 Å². The number of nitrogens with one attached hydrogen (secondary N) is 1. The molecule has 0 unspecified atom stereocenters. The number of aryl methyl sites for hydroxylation is 1. The Bertz CT molecular complexity index is 1180. The third-order valence-electron chi connectivity index (χ3n) is 4.99. The maximum Gasteiger partial charge on any atom is 0.331 e. The van der Waals surface area contributed by atoms with E-state index in [-0.39, 0.29) is 18.2 Å². The third-order valence-corrected chi connectivity index (χ3v) is 4.99. The van der Waals surface area contributed by atoms with Gasteiger partial charge in [-0.25, -0.2) is 4.79 Å². The second kappa shape index (κ2) is 9.80. The van der Waals surface area contributed by atoms with E-state index >= 15 is 0 Å². The molecule has 0 radical (unpaired) electrons. The normalized spacial score (nSPS) is 12.1. The number of hydrogen-bond acceptors (Lipinski definition) is 6. The average Bonchev–Trinajstić information content (AvgIpc) is 2.78. The molecule has 0 fully saturated rings. The first-order valence-corrected chi connectivity index (χ1v) is 9.79. The van der Waals surface area contributed by atoms with E-state index in [4.69, 9.17) is 9.47 Å². The summed E-state index contributed by atoms with van der Waals surface area (Å²) in [5.41, 5.74) is 0.416. The molecule has 0 aliphatic carbocycles. The van der Waals surface area contributed by atoms with Crippen molar-refractivity contribution in [1.29, 1.82) is 0 Å². The maximum atomic E-state index is 12.3. The van der Waals surface area contributed by atoms with E-state index in [1.165, 1.54) is 6.21 Å². The summed E-state index contributed by atoms with van der Waals surface area (Å²) in [7, 11) is 3.10. The first kappa shape index (κ1) is 21.9. The molecule has 0 aliphatic rings. The van der Waals surface area contributed by atoms with Gasteiger partial charge in [-0.1, -0.05) is 36.4 Å². The fourth-order valence-electron chi connectivity index (χ4n) is 3.18. The van der Waals surface area contributed by atoms with Crippen molar-refractivity contribution in [3.05, 3.63) is 86.1 Å². The summed E-state index contributed by atoms with van der Waals surface area (Å²) in [6.07, 6.45) is 1.73. The van der Waals surface area contributed by atoms with Gasteiger partial charge in [0, 0.05) is 12.8 Å². The van der Waals surface area contributed by atoms with Crippen molar-refractivity contribution in [3.8, 4) is 17.4 Å². The minimum Gasteiger partial charge on any atom is -0.494 e. The molecule has 162 valence electrons. The highest BCUT2D eigenvalue weighted by atomic mass is 16.5. The SMILES string of the molecule is COc1ccc(CCn2c(O)c(C=N[C@@H](C)c3ccccc3)c(=O)[nH]c2=O)cc1OC. The highest BCUT2D eigenvalue weighted by Gasteiger charge is 2.14. The van der Waals surface area contributed by atoms with Crippen molar-refractivity contribution in [3.63, 3.8) is 0 Å². The van der Waals surface area contributed by atoms with Crippen LogP contribution in [0.5, 0.6) is 17.4 Å². The van der Waals surface area contributed by atoms with Crippen LogP contribution in [0, 0.1) is 0 Å².